The quantitative estimate of drug-likeness (QED) is 0.659. The summed E-state index contributed by atoms with van der Waals surface area (Å²) >= 11 is 0. The van der Waals surface area contributed by atoms with Gasteiger partial charge >= 0.3 is 0 Å². The molecule has 0 unspecified atom stereocenters. The largest absolute Gasteiger partial charge is 0.361 e. The Kier molecular flexibility index (Phi) is 4.84. The van der Waals surface area contributed by atoms with Crippen molar-refractivity contribution in [3.05, 3.63) is 59.8 Å². The molecular formula is C20H21N3O2. The summed E-state index contributed by atoms with van der Waals surface area (Å²) in [6, 6.07) is 13.5. The SMILES string of the molecule is CC(=O)Nc1cccc(NC(=O)CCc2c[nH]c3ccccc23)c1C. The fourth-order valence-corrected chi connectivity index (χ4v) is 2.90. The van der Waals surface area contributed by atoms with Crippen LogP contribution in [-0.2, 0) is 16.0 Å². The third-order valence-electron chi connectivity index (χ3n) is 4.21. The third kappa shape index (κ3) is 3.88. The molecule has 1 aromatic heterocycles. The first-order valence-electron chi connectivity index (χ1n) is 8.26. The average molecular weight is 335 g/mol. The Morgan fingerprint density at radius 2 is 1.72 bits per heavy atom. The second-order valence-corrected chi connectivity index (χ2v) is 6.07. The first-order valence-corrected chi connectivity index (χ1v) is 8.26. The van der Waals surface area contributed by atoms with Gasteiger partial charge in [0.15, 0.2) is 0 Å². The lowest BCUT2D eigenvalue weighted by molar-refractivity contribution is -0.116. The molecule has 1 heterocycles. The van der Waals surface area contributed by atoms with Gasteiger partial charge in [-0.25, -0.2) is 0 Å². The van der Waals surface area contributed by atoms with Gasteiger partial charge in [-0.2, -0.15) is 0 Å². The molecule has 3 aromatic rings. The van der Waals surface area contributed by atoms with Gasteiger partial charge in [0.05, 0.1) is 0 Å². The molecule has 25 heavy (non-hydrogen) atoms. The van der Waals surface area contributed by atoms with Crippen LogP contribution < -0.4 is 10.6 Å². The van der Waals surface area contributed by atoms with E-state index in [1.807, 2.05) is 49.5 Å². The van der Waals surface area contributed by atoms with E-state index in [1.165, 1.54) is 6.92 Å². The van der Waals surface area contributed by atoms with Crippen LogP contribution >= 0.6 is 0 Å². The van der Waals surface area contributed by atoms with Crippen molar-refractivity contribution in [3.63, 3.8) is 0 Å². The Labute approximate surface area is 146 Å². The van der Waals surface area contributed by atoms with Crippen LogP contribution in [0.4, 0.5) is 11.4 Å². The smallest absolute Gasteiger partial charge is 0.224 e. The second-order valence-electron chi connectivity index (χ2n) is 6.07. The van der Waals surface area contributed by atoms with Gasteiger partial charge in [0.1, 0.15) is 0 Å². The summed E-state index contributed by atoms with van der Waals surface area (Å²) in [5.41, 5.74) is 4.49. The van der Waals surface area contributed by atoms with E-state index in [1.54, 1.807) is 0 Å². The summed E-state index contributed by atoms with van der Waals surface area (Å²) in [5, 5.41) is 6.85. The molecule has 0 saturated heterocycles. The van der Waals surface area contributed by atoms with Gasteiger partial charge in [0.2, 0.25) is 11.8 Å². The molecule has 3 rings (SSSR count). The number of aromatic amines is 1. The molecule has 0 aliphatic heterocycles. The topological polar surface area (TPSA) is 74.0 Å². The van der Waals surface area contributed by atoms with Crippen molar-refractivity contribution in [2.24, 2.45) is 0 Å². The minimum absolute atomic E-state index is 0.0478. The number of nitrogens with one attached hydrogen (secondary N) is 3. The Balaban J connectivity index is 1.66. The molecule has 0 aliphatic carbocycles. The second kappa shape index (κ2) is 7.21. The lowest BCUT2D eigenvalue weighted by Crippen LogP contribution is -2.14. The molecule has 0 bridgehead atoms. The van der Waals surface area contributed by atoms with Crippen molar-refractivity contribution in [3.8, 4) is 0 Å². The van der Waals surface area contributed by atoms with Crippen LogP contribution in [0.1, 0.15) is 24.5 Å². The van der Waals surface area contributed by atoms with Crippen LogP contribution in [0.25, 0.3) is 10.9 Å². The van der Waals surface area contributed by atoms with E-state index in [4.69, 9.17) is 0 Å². The number of hydrogen-bond donors (Lipinski definition) is 3. The van der Waals surface area contributed by atoms with E-state index < -0.39 is 0 Å². The van der Waals surface area contributed by atoms with Crippen LogP contribution in [0, 0.1) is 6.92 Å². The van der Waals surface area contributed by atoms with E-state index in [0.29, 0.717) is 18.5 Å². The predicted octanol–water partition coefficient (Wildman–Crippen LogP) is 4.01. The number of aryl methyl sites for hydroxylation is 1. The van der Waals surface area contributed by atoms with Gasteiger partial charge in [-0.1, -0.05) is 24.3 Å². The standard InChI is InChI=1S/C20H21N3O2/c1-13-17(22-14(2)24)8-5-9-18(13)23-20(25)11-10-15-12-21-19-7-4-3-6-16(15)19/h3-9,12,21H,10-11H2,1-2H3,(H,22,24)(H,23,25). The van der Waals surface area contributed by atoms with Crippen molar-refractivity contribution in [2.45, 2.75) is 26.7 Å². The van der Waals surface area contributed by atoms with Gasteiger partial charge in [-0.05, 0) is 42.7 Å². The number of fused-ring (bicyclic) bond motifs is 1. The highest BCUT2D eigenvalue weighted by molar-refractivity contribution is 5.95. The van der Waals surface area contributed by atoms with Gasteiger partial charge in [0.25, 0.3) is 0 Å². The summed E-state index contributed by atoms with van der Waals surface area (Å²) < 4.78 is 0. The minimum atomic E-state index is -0.133. The molecule has 5 heteroatoms. The van der Waals surface area contributed by atoms with E-state index in [2.05, 4.69) is 21.7 Å². The number of carbonyl (C=O) groups is 2. The van der Waals surface area contributed by atoms with Crippen LogP contribution in [-0.4, -0.2) is 16.8 Å². The van der Waals surface area contributed by atoms with Crippen molar-refractivity contribution in [2.75, 3.05) is 10.6 Å². The van der Waals surface area contributed by atoms with Crippen molar-refractivity contribution in [1.82, 2.24) is 4.98 Å². The van der Waals surface area contributed by atoms with Crippen LogP contribution in [0.5, 0.6) is 0 Å². The molecule has 3 N–H and O–H groups in total. The van der Waals surface area contributed by atoms with Gasteiger partial charge in [-0.3, -0.25) is 9.59 Å². The number of anilines is 2. The zero-order valence-corrected chi connectivity index (χ0v) is 14.3. The minimum Gasteiger partial charge on any atom is -0.361 e. The Morgan fingerprint density at radius 1 is 1.00 bits per heavy atom. The van der Waals surface area contributed by atoms with Crippen molar-refractivity contribution >= 4 is 34.1 Å². The molecule has 0 atom stereocenters. The average Bonchev–Trinajstić information content (AvgIpc) is 2.99. The summed E-state index contributed by atoms with van der Waals surface area (Å²) in [6.45, 7) is 3.34. The fraction of sp³-hybridized carbons (Fsp3) is 0.200. The number of benzene rings is 2. The lowest BCUT2D eigenvalue weighted by atomic mass is 10.1. The first kappa shape index (κ1) is 16.8. The molecule has 5 nitrogen and oxygen atoms in total. The zero-order chi connectivity index (χ0) is 17.8. The maximum atomic E-state index is 12.3. The van der Waals surface area contributed by atoms with Crippen LogP contribution in [0.3, 0.4) is 0 Å². The number of para-hydroxylation sites is 1. The number of carbonyl (C=O) groups excluding carboxylic acids is 2. The maximum absolute atomic E-state index is 12.3. The Bertz CT molecular complexity index is 928. The van der Waals surface area contributed by atoms with Gasteiger partial charge < -0.3 is 15.6 Å². The summed E-state index contributed by atoms with van der Waals surface area (Å²) in [5.74, 6) is -0.181. The molecule has 128 valence electrons. The first-order chi connectivity index (χ1) is 12.0. The predicted molar refractivity (Wildman–Crippen MR) is 101 cm³/mol. The molecule has 0 aliphatic rings. The monoisotopic (exact) mass is 335 g/mol. The van der Waals surface area contributed by atoms with Crippen molar-refractivity contribution in [1.29, 1.82) is 0 Å². The fourth-order valence-electron chi connectivity index (χ4n) is 2.90. The third-order valence-corrected chi connectivity index (χ3v) is 4.21. The molecule has 0 saturated carbocycles. The highest BCUT2D eigenvalue weighted by Gasteiger charge is 2.10. The van der Waals surface area contributed by atoms with Crippen LogP contribution in [0.15, 0.2) is 48.7 Å². The number of H-pyrrole nitrogens is 1. The maximum Gasteiger partial charge on any atom is 0.224 e. The zero-order valence-electron chi connectivity index (χ0n) is 14.3. The molecule has 0 radical (unpaired) electrons. The van der Waals surface area contributed by atoms with E-state index in [9.17, 15) is 9.59 Å². The number of aromatic nitrogens is 1. The highest BCUT2D eigenvalue weighted by atomic mass is 16.2. The Hall–Kier alpha value is -3.08. The van der Waals surface area contributed by atoms with Gasteiger partial charge in [-0.15, -0.1) is 0 Å². The molecular weight excluding hydrogens is 314 g/mol. The summed E-state index contributed by atoms with van der Waals surface area (Å²) in [7, 11) is 0. The number of amides is 2. The van der Waals surface area contributed by atoms with Gasteiger partial charge in [0, 0.05) is 41.8 Å². The van der Waals surface area contributed by atoms with E-state index in [-0.39, 0.29) is 11.8 Å². The number of hydrogen-bond acceptors (Lipinski definition) is 2. The van der Waals surface area contributed by atoms with Crippen LogP contribution in [0.2, 0.25) is 0 Å². The molecule has 2 amide bonds. The summed E-state index contributed by atoms with van der Waals surface area (Å²) in [4.78, 5) is 26.8. The normalized spacial score (nSPS) is 10.6. The van der Waals surface area contributed by atoms with E-state index >= 15 is 0 Å². The highest BCUT2D eigenvalue weighted by Crippen LogP contribution is 2.24. The Morgan fingerprint density at radius 3 is 2.48 bits per heavy atom. The summed E-state index contributed by atoms with van der Waals surface area (Å²) in [6.07, 6.45) is 3.02. The lowest BCUT2D eigenvalue weighted by Gasteiger charge is -2.12. The van der Waals surface area contributed by atoms with E-state index in [0.717, 1.165) is 27.7 Å². The molecule has 0 spiro atoms. The number of rotatable bonds is 5. The molecule has 2 aromatic carbocycles. The van der Waals surface area contributed by atoms with Crippen molar-refractivity contribution < 1.29 is 9.59 Å². The molecule has 0 fully saturated rings.